The Morgan fingerprint density at radius 3 is 2.00 bits per heavy atom. The predicted octanol–water partition coefficient (Wildman–Crippen LogP) is 7.62. The van der Waals surface area contributed by atoms with E-state index in [4.69, 9.17) is 0 Å². The molecule has 1 radical (unpaired) electrons. The van der Waals surface area contributed by atoms with Crippen molar-refractivity contribution in [2.24, 2.45) is 7.05 Å². The second-order valence-electron chi connectivity index (χ2n) is 7.84. The zero-order chi connectivity index (χ0) is 20.1. The van der Waals surface area contributed by atoms with Crippen molar-refractivity contribution in [1.82, 2.24) is 4.57 Å². The number of aromatic nitrogens is 1. The van der Waals surface area contributed by atoms with Gasteiger partial charge >= 0.3 is 0 Å². The molecule has 6 aromatic rings. The van der Waals surface area contributed by atoms with Gasteiger partial charge in [0.15, 0.2) is 0 Å². The topological polar surface area (TPSA) is 4.93 Å². The summed E-state index contributed by atoms with van der Waals surface area (Å²) in [5.41, 5.74) is 7.50. The number of fused-ring (bicyclic) bond motifs is 5. The van der Waals surface area contributed by atoms with Crippen LogP contribution in [0.3, 0.4) is 0 Å². The van der Waals surface area contributed by atoms with Crippen molar-refractivity contribution in [3.63, 3.8) is 0 Å². The van der Waals surface area contributed by atoms with Crippen LogP contribution in [0.4, 0.5) is 0 Å². The van der Waals surface area contributed by atoms with Gasteiger partial charge in [-0.3, -0.25) is 0 Å². The zero-order valence-electron chi connectivity index (χ0n) is 17.3. The summed E-state index contributed by atoms with van der Waals surface area (Å²) in [4.78, 5) is 0. The van der Waals surface area contributed by atoms with E-state index in [1.807, 2.05) is 12.1 Å². The first kappa shape index (κ1) is 20.2. The Morgan fingerprint density at radius 1 is 0.581 bits per heavy atom. The predicted molar refractivity (Wildman–Crippen MR) is 128 cm³/mol. The molecule has 0 saturated heterocycles. The molecular weight excluding hydrogens is 451 g/mol. The zero-order valence-corrected chi connectivity index (χ0v) is 20.2. The van der Waals surface area contributed by atoms with Crippen molar-refractivity contribution in [1.29, 1.82) is 0 Å². The minimum Gasteiger partial charge on any atom is -0.343 e. The molecule has 0 aliphatic heterocycles. The van der Waals surface area contributed by atoms with E-state index in [9.17, 15) is 0 Å². The van der Waals surface area contributed by atoms with E-state index in [1.54, 1.807) is 0 Å². The van der Waals surface area contributed by atoms with Crippen LogP contribution in [0.15, 0.2) is 103 Å². The molecule has 0 aliphatic rings. The van der Waals surface area contributed by atoms with Crippen LogP contribution in [0, 0.1) is 6.07 Å². The van der Waals surface area contributed by atoms with E-state index in [2.05, 4.69) is 109 Å². The third-order valence-electron chi connectivity index (χ3n) is 6.15. The van der Waals surface area contributed by atoms with Crippen molar-refractivity contribution < 1.29 is 32.7 Å². The molecule has 0 amide bonds. The van der Waals surface area contributed by atoms with Gasteiger partial charge in [0.1, 0.15) is 0 Å². The summed E-state index contributed by atoms with van der Waals surface area (Å²) < 4.78 is 2.33. The standard InChI is InChI=1S/C29H20N.Y/c1-30-28-18-16-24(22-13-11-21(12-14-22)20-7-3-2-4-8-20)19-27(28)26-17-15-23-9-5-6-10-25(23)29(26)30;/h3-19H,1H3;/q-1;. The van der Waals surface area contributed by atoms with E-state index >= 15 is 0 Å². The summed E-state index contributed by atoms with van der Waals surface area (Å²) in [6.07, 6.45) is 0. The molecule has 0 spiro atoms. The largest absolute Gasteiger partial charge is 0.343 e. The molecule has 1 nitrogen and oxygen atoms in total. The Morgan fingerprint density at radius 2 is 1.23 bits per heavy atom. The maximum atomic E-state index is 3.08. The van der Waals surface area contributed by atoms with Crippen LogP contribution in [0.1, 0.15) is 0 Å². The smallest absolute Gasteiger partial charge is 0.0568 e. The molecule has 0 saturated carbocycles. The summed E-state index contributed by atoms with van der Waals surface area (Å²) in [5, 5.41) is 5.20. The molecule has 0 N–H and O–H groups in total. The Balaban J connectivity index is 0.00000204. The van der Waals surface area contributed by atoms with Crippen LogP contribution in [0.2, 0.25) is 0 Å². The Hall–Kier alpha value is -2.74. The van der Waals surface area contributed by atoms with Crippen LogP contribution in [0.25, 0.3) is 54.8 Å². The number of hydrogen-bond donors (Lipinski definition) is 0. The molecule has 5 aromatic carbocycles. The summed E-state index contributed by atoms with van der Waals surface area (Å²) >= 11 is 0. The van der Waals surface area contributed by atoms with E-state index in [0.29, 0.717) is 0 Å². The van der Waals surface area contributed by atoms with Gasteiger partial charge in [0.05, 0.1) is 5.52 Å². The maximum absolute atomic E-state index is 3.08. The SMILES string of the molecule is Cn1c2ccc(-c3ccc(-c4cc[c-]cc4)cc3)cc2c2ccc3ccccc3c21.[Y]. The van der Waals surface area contributed by atoms with E-state index < -0.39 is 0 Å². The van der Waals surface area contributed by atoms with Crippen LogP contribution in [-0.2, 0) is 39.8 Å². The van der Waals surface area contributed by atoms with Gasteiger partial charge in [-0.25, -0.2) is 0 Å². The first-order valence-electron chi connectivity index (χ1n) is 10.3. The minimum absolute atomic E-state index is 0. The monoisotopic (exact) mass is 471 g/mol. The summed E-state index contributed by atoms with van der Waals surface area (Å²) in [5.74, 6) is 0. The molecule has 0 aliphatic carbocycles. The molecule has 0 unspecified atom stereocenters. The average molecular weight is 471 g/mol. The normalized spacial score (nSPS) is 11.1. The first-order valence-corrected chi connectivity index (χ1v) is 10.3. The molecule has 145 valence electrons. The van der Waals surface area contributed by atoms with Gasteiger partial charge in [-0.1, -0.05) is 66.7 Å². The Bertz CT molecular complexity index is 1530. The third kappa shape index (κ3) is 3.33. The summed E-state index contributed by atoms with van der Waals surface area (Å²) in [6, 6.07) is 40.0. The van der Waals surface area contributed by atoms with Crippen molar-refractivity contribution in [3.8, 4) is 22.3 Å². The number of hydrogen-bond acceptors (Lipinski definition) is 0. The number of rotatable bonds is 2. The van der Waals surface area contributed by atoms with E-state index in [0.717, 1.165) is 0 Å². The van der Waals surface area contributed by atoms with Crippen LogP contribution in [0.5, 0.6) is 0 Å². The van der Waals surface area contributed by atoms with Gasteiger partial charge in [-0.2, -0.15) is 30.3 Å². The number of aryl methyl sites for hydroxylation is 1. The van der Waals surface area contributed by atoms with Gasteiger partial charge in [0.25, 0.3) is 0 Å². The first-order chi connectivity index (χ1) is 14.8. The second-order valence-corrected chi connectivity index (χ2v) is 7.84. The fraction of sp³-hybridized carbons (Fsp3) is 0.0345. The van der Waals surface area contributed by atoms with E-state index in [-0.39, 0.29) is 32.7 Å². The summed E-state index contributed by atoms with van der Waals surface area (Å²) in [7, 11) is 2.17. The van der Waals surface area contributed by atoms with Gasteiger partial charge in [0.2, 0.25) is 0 Å². The number of nitrogens with zero attached hydrogens (tertiary/aromatic N) is 1. The molecule has 1 heterocycles. The summed E-state index contributed by atoms with van der Waals surface area (Å²) in [6.45, 7) is 0. The van der Waals surface area contributed by atoms with Gasteiger partial charge < -0.3 is 4.57 Å². The van der Waals surface area contributed by atoms with E-state index in [1.165, 1.54) is 54.8 Å². The molecular formula is C29H20NY-. The van der Waals surface area contributed by atoms with Crippen LogP contribution in [-0.4, -0.2) is 4.57 Å². The molecule has 6 rings (SSSR count). The molecule has 0 fully saturated rings. The van der Waals surface area contributed by atoms with Crippen LogP contribution < -0.4 is 0 Å². The average Bonchev–Trinajstić information content (AvgIpc) is 3.11. The van der Waals surface area contributed by atoms with Gasteiger partial charge in [0, 0.05) is 61.4 Å². The molecule has 31 heavy (non-hydrogen) atoms. The Labute approximate surface area is 207 Å². The van der Waals surface area contributed by atoms with Gasteiger partial charge in [-0.05, 0) is 34.2 Å². The van der Waals surface area contributed by atoms with Crippen molar-refractivity contribution >= 4 is 32.6 Å². The number of benzene rings is 5. The van der Waals surface area contributed by atoms with Crippen molar-refractivity contribution in [3.05, 3.63) is 109 Å². The van der Waals surface area contributed by atoms with Crippen molar-refractivity contribution in [2.45, 2.75) is 0 Å². The van der Waals surface area contributed by atoms with Crippen molar-refractivity contribution in [2.75, 3.05) is 0 Å². The van der Waals surface area contributed by atoms with Crippen LogP contribution >= 0.6 is 0 Å². The quantitative estimate of drug-likeness (QED) is 0.229. The third-order valence-corrected chi connectivity index (χ3v) is 6.15. The molecule has 0 atom stereocenters. The molecule has 1 aromatic heterocycles. The van der Waals surface area contributed by atoms with Gasteiger partial charge in [-0.15, -0.1) is 5.56 Å². The fourth-order valence-electron chi connectivity index (χ4n) is 4.61. The molecule has 0 bridgehead atoms. The molecule has 2 heteroatoms. The Kier molecular flexibility index (Phi) is 5.26. The fourth-order valence-corrected chi connectivity index (χ4v) is 4.61. The second kappa shape index (κ2) is 8.07. The maximum Gasteiger partial charge on any atom is 0.0568 e. The minimum atomic E-state index is 0.